The molecule has 86 valence electrons. The van der Waals surface area contributed by atoms with Crippen LogP contribution >= 0.6 is 0 Å². The number of nitro benzene ring substituents is 1. The Bertz CT molecular complexity index is 595. The van der Waals surface area contributed by atoms with Gasteiger partial charge in [-0.05, 0) is 18.6 Å². The van der Waals surface area contributed by atoms with Gasteiger partial charge in [0.1, 0.15) is 0 Å². The summed E-state index contributed by atoms with van der Waals surface area (Å²) < 4.78 is 2.01. The monoisotopic (exact) mass is 229 g/mol. The van der Waals surface area contributed by atoms with Crippen LogP contribution in [0.5, 0.6) is 0 Å². The summed E-state index contributed by atoms with van der Waals surface area (Å²) in [4.78, 5) is 10.2. The van der Waals surface area contributed by atoms with Crippen LogP contribution in [0.3, 0.4) is 0 Å². The van der Waals surface area contributed by atoms with Crippen LogP contribution in [-0.4, -0.2) is 9.49 Å². The van der Waals surface area contributed by atoms with E-state index in [9.17, 15) is 10.1 Å². The molecule has 17 heavy (non-hydrogen) atoms. The van der Waals surface area contributed by atoms with Crippen molar-refractivity contribution in [2.24, 2.45) is 0 Å². The van der Waals surface area contributed by atoms with Crippen molar-refractivity contribution in [2.45, 2.75) is 19.4 Å². The molecule has 1 aromatic heterocycles. The highest BCUT2D eigenvalue weighted by Crippen LogP contribution is 2.22. The van der Waals surface area contributed by atoms with E-state index in [0.717, 1.165) is 23.9 Å². The summed E-state index contributed by atoms with van der Waals surface area (Å²) in [6, 6.07) is 8.77. The summed E-state index contributed by atoms with van der Waals surface area (Å²) in [5, 5.41) is 20.0. The molecule has 5 heteroatoms. The van der Waals surface area contributed by atoms with Crippen LogP contribution in [0.15, 0.2) is 30.5 Å². The molecule has 1 aromatic carbocycles. The predicted octanol–water partition coefficient (Wildman–Crippen LogP) is 2.85. The fourth-order valence-corrected chi connectivity index (χ4v) is 1.82. The molecule has 0 N–H and O–H groups in total. The molecule has 0 aliphatic heterocycles. The van der Waals surface area contributed by atoms with Gasteiger partial charge in [-0.1, -0.05) is 0 Å². The third-order valence-electron chi connectivity index (χ3n) is 2.65. The maximum atomic E-state index is 10.6. The van der Waals surface area contributed by atoms with E-state index in [1.54, 1.807) is 12.1 Å². The van der Waals surface area contributed by atoms with Gasteiger partial charge in [0.05, 0.1) is 11.0 Å². The number of nitro groups is 1. The van der Waals surface area contributed by atoms with E-state index < -0.39 is 4.92 Å². The smallest absolute Gasteiger partial charge is 0.270 e. The normalized spacial score (nSPS) is 10.3. The second-order valence-electron chi connectivity index (χ2n) is 3.77. The number of nitrogens with zero attached hydrogens (tertiary/aromatic N) is 3. The number of nitriles is 1. The molecule has 0 radical (unpaired) electrons. The highest BCUT2D eigenvalue weighted by atomic mass is 16.6. The van der Waals surface area contributed by atoms with Crippen molar-refractivity contribution in [3.05, 3.63) is 40.6 Å². The van der Waals surface area contributed by atoms with E-state index in [0.29, 0.717) is 6.42 Å². The minimum Gasteiger partial charge on any atom is -0.347 e. The lowest BCUT2D eigenvalue weighted by atomic mass is 10.2. The van der Waals surface area contributed by atoms with Gasteiger partial charge in [-0.2, -0.15) is 5.26 Å². The van der Waals surface area contributed by atoms with Crippen LogP contribution in [0.1, 0.15) is 12.8 Å². The summed E-state index contributed by atoms with van der Waals surface area (Å²) >= 11 is 0. The lowest BCUT2D eigenvalue weighted by Crippen LogP contribution is -1.95. The quantitative estimate of drug-likeness (QED) is 0.459. The zero-order chi connectivity index (χ0) is 12.3. The molecule has 2 rings (SSSR count). The Morgan fingerprint density at radius 2 is 2.24 bits per heavy atom. The molecule has 0 fully saturated rings. The average Bonchev–Trinajstić information content (AvgIpc) is 2.72. The van der Waals surface area contributed by atoms with Gasteiger partial charge in [0.25, 0.3) is 5.69 Å². The number of rotatable bonds is 4. The summed E-state index contributed by atoms with van der Waals surface area (Å²) in [7, 11) is 0. The van der Waals surface area contributed by atoms with E-state index >= 15 is 0 Å². The Morgan fingerprint density at radius 3 is 2.94 bits per heavy atom. The molecule has 0 bridgehead atoms. The number of fused-ring (bicyclic) bond motifs is 1. The van der Waals surface area contributed by atoms with E-state index in [4.69, 9.17) is 5.26 Å². The number of aromatic nitrogens is 1. The second-order valence-corrected chi connectivity index (χ2v) is 3.77. The minimum absolute atomic E-state index is 0.104. The average molecular weight is 229 g/mol. The van der Waals surface area contributed by atoms with Crippen molar-refractivity contribution in [1.29, 1.82) is 5.26 Å². The first-order valence-corrected chi connectivity index (χ1v) is 5.32. The Hall–Kier alpha value is -2.35. The van der Waals surface area contributed by atoms with Gasteiger partial charge < -0.3 is 4.57 Å². The van der Waals surface area contributed by atoms with Gasteiger partial charge in [-0.15, -0.1) is 0 Å². The maximum Gasteiger partial charge on any atom is 0.270 e. The molecule has 0 aliphatic carbocycles. The van der Waals surface area contributed by atoms with Crippen LogP contribution < -0.4 is 0 Å². The van der Waals surface area contributed by atoms with Crippen molar-refractivity contribution in [2.75, 3.05) is 0 Å². The van der Waals surface area contributed by atoms with Gasteiger partial charge in [0.2, 0.25) is 0 Å². The first-order valence-electron chi connectivity index (χ1n) is 5.32. The molecular formula is C12H11N3O2. The molecule has 0 saturated heterocycles. The van der Waals surface area contributed by atoms with E-state index in [1.807, 2.05) is 16.8 Å². The van der Waals surface area contributed by atoms with Crippen LogP contribution in [-0.2, 0) is 6.54 Å². The summed E-state index contributed by atoms with van der Waals surface area (Å²) in [6.45, 7) is 0.759. The number of hydrogen-bond acceptors (Lipinski definition) is 3. The van der Waals surface area contributed by atoms with Crippen LogP contribution in [0, 0.1) is 21.4 Å². The van der Waals surface area contributed by atoms with Crippen molar-refractivity contribution < 1.29 is 4.92 Å². The standard InChI is InChI=1S/C12H11N3O2/c13-6-1-2-7-14-8-5-10-9-11(15(16)17)3-4-12(10)14/h3-5,8-9H,1-2,7H2. The highest BCUT2D eigenvalue weighted by molar-refractivity contribution is 5.82. The molecule has 0 atom stereocenters. The van der Waals surface area contributed by atoms with Crippen molar-refractivity contribution >= 4 is 16.6 Å². The number of hydrogen-bond donors (Lipinski definition) is 0. The van der Waals surface area contributed by atoms with Crippen LogP contribution in [0.2, 0.25) is 0 Å². The molecule has 0 spiro atoms. The summed E-state index contributed by atoms with van der Waals surface area (Å²) in [6.07, 6.45) is 3.20. The topological polar surface area (TPSA) is 71.9 Å². The van der Waals surface area contributed by atoms with E-state index in [1.165, 1.54) is 6.07 Å². The lowest BCUT2D eigenvalue weighted by Gasteiger charge is -2.02. The van der Waals surface area contributed by atoms with Gasteiger partial charge in [-0.3, -0.25) is 10.1 Å². The number of aryl methyl sites for hydroxylation is 1. The van der Waals surface area contributed by atoms with E-state index in [2.05, 4.69) is 6.07 Å². The van der Waals surface area contributed by atoms with Crippen molar-refractivity contribution in [3.63, 3.8) is 0 Å². The molecule has 0 aliphatic rings. The predicted molar refractivity (Wildman–Crippen MR) is 63.4 cm³/mol. The van der Waals surface area contributed by atoms with Crippen LogP contribution in [0.4, 0.5) is 5.69 Å². The van der Waals surface area contributed by atoms with E-state index in [-0.39, 0.29) is 5.69 Å². The molecule has 0 saturated carbocycles. The number of unbranched alkanes of at least 4 members (excludes halogenated alkanes) is 1. The first kappa shape index (κ1) is 11.1. The fourth-order valence-electron chi connectivity index (χ4n) is 1.82. The van der Waals surface area contributed by atoms with Crippen LogP contribution in [0.25, 0.3) is 10.9 Å². The SMILES string of the molecule is N#CCCCn1ccc2cc([N+](=O)[O-])ccc21. The Balaban J connectivity index is 2.29. The number of benzene rings is 1. The van der Waals surface area contributed by atoms with Crippen molar-refractivity contribution in [1.82, 2.24) is 4.57 Å². The Kier molecular flexibility index (Phi) is 3.06. The second kappa shape index (κ2) is 4.66. The summed E-state index contributed by atoms with van der Waals surface area (Å²) in [5.74, 6) is 0. The first-order chi connectivity index (χ1) is 8.22. The Labute approximate surface area is 98.0 Å². The molecule has 2 aromatic rings. The van der Waals surface area contributed by atoms with Gasteiger partial charge in [0, 0.05) is 42.2 Å². The molecule has 0 amide bonds. The van der Waals surface area contributed by atoms with Crippen molar-refractivity contribution in [3.8, 4) is 6.07 Å². The van der Waals surface area contributed by atoms with Gasteiger partial charge >= 0.3 is 0 Å². The lowest BCUT2D eigenvalue weighted by molar-refractivity contribution is -0.384. The summed E-state index contributed by atoms with van der Waals surface area (Å²) in [5.41, 5.74) is 1.07. The third-order valence-corrected chi connectivity index (χ3v) is 2.65. The third kappa shape index (κ3) is 2.26. The zero-order valence-electron chi connectivity index (χ0n) is 9.17. The minimum atomic E-state index is -0.396. The largest absolute Gasteiger partial charge is 0.347 e. The molecule has 5 nitrogen and oxygen atoms in total. The Morgan fingerprint density at radius 1 is 1.41 bits per heavy atom. The van der Waals surface area contributed by atoms with Gasteiger partial charge in [-0.25, -0.2) is 0 Å². The number of non-ortho nitro benzene ring substituents is 1. The molecule has 0 unspecified atom stereocenters. The highest BCUT2D eigenvalue weighted by Gasteiger charge is 2.08. The maximum absolute atomic E-state index is 10.6. The van der Waals surface area contributed by atoms with Gasteiger partial charge in [0.15, 0.2) is 0 Å². The fraction of sp³-hybridized carbons (Fsp3) is 0.250. The zero-order valence-corrected chi connectivity index (χ0v) is 9.17. The molecule has 1 heterocycles. The molecular weight excluding hydrogens is 218 g/mol.